The summed E-state index contributed by atoms with van der Waals surface area (Å²) in [4.78, 5) is 11.0. The largest absolute Gasteiger partial charge is 0.452 e. The second-order valence-corrected chi connectivity index (χ2v) is 15.2. The third-order valence-corrected chi connectivity index (χ3v) is 12.4. The van der Waals surface area contributed by atoms with Crippen LogP contribution in [0.4, 0.5) is 0 Å². The Morgan fingerprint density at radius 3 is 2.02 bits per heavy atom. The third kappa shape index (κ3) is 4.03. The number of hydrogen-bond donors (Lipinski definition) is 0. The maximum atomic E-state index is 6.61. The van der Waals surface area contributed by atoms with E-state index in [-0.39, 0.29) is 5.41 Å². The summed E-state index contributed by atoms with van der Waals surface area (Å²) in [6, 6.07) is 54.6. The van der Waals surface area contributed by atoms with Gasteiger partial charge in [-0.25, -0.2) is 9.97 Å². The van der Waals surface area contributed by atoms with Crippen LogP contribution in [0, 0.1) is 0 Å². The molecule has 0 bridgehead atoms. The van der Waals surface area contributed by atoms with Crippen LogP contribution in [0.5, 0.6) is 0 Å². The predicted molar refractivity (Wildman–Crippen MR) is 221 cm³/mol. The smallest absolute Gasteiger partial charge is 0.236 e. The van der Waals surface area contributed by atoms with Crippen LogP contribution in [-0.4, -0.2) is 14.5 Å². The first-order valence-electron chi connectivity index (χ1n) is 19.2. The van der Waals surface area contributed by atoms with Gasteiger partial charge in [-0.1, -0.05) is 153 Å². The van der Waals surface area contributed by atoms with Gasteiger partial charge in [-0.05, 0) is 69.8 Å². The molecule has 7 aromatic carbocycles. The summed E-state index contributed by atoms with van der Waals surface area (Å²) < 4.78 is 8.96. The molecule has 3 aromatic heterocycles. The fourth-order valence-corrected chi connectivity index (χ4v) is 10.1. The molecule has 0 aliphatic heterocycles. The summed E-state index contributed by atoms with van der Waals surface area (Å²) in [5.74, 6) is 0.653. The van der Waals surface area contributed by atoms with Gasteiger partial charge in [-0.15, -0.1) is 0 Å². The van der Waals surface area contributed by atoms with Crippen LogP contribution < -0.4 is 0 Å². The van der Waals surface area contributed by atoms with Crippen LogP contribution in [0.1, 0.15) is 43.2 Å². The maximum Gasteiger partial charge on any atom is 0.236 e. The summed E-state index contributed by atoms with van der Waals surface area (Å²) in [5.41, 5.74) is 14.5. The number of nitrogens with zero attached hydrogens (tertiary/aromatic N) is 3. The molecule has 0 unspecified atom stereocenters. The zero-order chi connectivity index (χ0) is 35.4. The van der Waals surface area contributed by atoms with E-state index in [1.807, 2.05) is 12.1 Å². The molecule has 256 valence electrons. The summed E-state index contributed by atoms with van der Waals surface area (Å²) >= 11 is 0. The average molecular weight is 694 g/mol. The van der Waals surface area contributed by atoms with E-state index >= 15 is 0 Å². The summed E-state index contributed by atoms with van der Waals surface area (Å²) in [6.07, 6.45) is 6.09. The Hall–Kier alpha value is -6.52. The van der Waals surface area contributed by atoms with Gasteiger partial charge in [-0.2, -0.15) is 0 Å². The summed E-state index contributed by atoms with van der Waals surface area (Å²) in [7, 11) is 0. The molecule has 54 heavy (non-hydrogen) atoms. The first kappa shape index (κ1) is 30.0. The first-order chi connectivity index (χ1) is 26.8. The van der Waals surface area contributed by atoms with Gasteiger partial charge in [0.05, 0.1) is 11.0 Å². The molecule has 0 amide bonds. The maximum absolute atomic E-state index is 6.61. The lowest BCUT2D eigenvalue weighted by molar-refractivity contribution is 0.355. The van der Waals surface area contributed by atoms with Crippen molar-refractivity contribution in [3.63, 3.8) is 0 Å². The van der Waals surface area contributed by atoms with Crippen molar-refractivity contribution in [1.29, 1.82) is 0 Å². The van der Waals surface area contributed by atoms with Crippen molar-refractivity contribution in [3.8, 4) is 39.5 Å². The minimum Gasteiger partial charge on any atom is -0.452 e. The number of rotatable bonds is 3. The van der Waals surface area contributed by atoms with E-state index in [2.05, 4.69) is 144 Å². The molecule has 10 aromatic rings. The Morgan fingerprint density at radius 1 is 0.537 bits per heavy atom. The van der Waals surface area contributed by atoms with E-state index in [9.17, 15) is 0 Å². The average Bonchev–Trinajstić information content (AvgIpc) is 3.88. The van der Waals surface area contributed by atoms with E-state index in [0.29, 0.717) is 11.5 Å². The standard InChI is InChI=1S/C50H35N3O/c1-3-15-31(16-4-1)32-25-27-33(28-26-32)45-48-46(38-21-9-12-24-41(38)54-48)52-49(51-45)53-40-23-11-8-20-37(40)43-44-42(34-17-5-6-18-35(34)47(43)53)36-19-7-10-22-39(36)50(44)29-13-2-14-30-50/h1,3-12,15-28H,2,13-14,29-30H2. The molecule has 0 saturated heterocycles. The fraction of sp³-hybridized carbons (Fsp3) is 0.120. The molecule has 0 radical (unpaired) electrons. The van der Waals surface area contributed by atoms with E-state index in [0.717, 1.165) is 51.7 Å². The van der Waals surface area contributed by atoms with Crippen LogP contribution in [0.15, 0.2) is 156 Å². The van der Waals surface area contributed by atoms with Gasteiger partial charge in [0, 0.05) is 32.5 Å². The molecular formula is C50H35N3O. The Kier molecular flexibility index (Phi) is 6.24. The highest BCUT2D eigenvalue weighted by atomic mass is 16.3. The predicted octanol–water partition coefficient (Wildman–Crippen LogP) is 13.2. The van der Waals surface area contributed by atoms with Crippen LogP contribution in [0.2, 0.25) is 0 Å². The van der Waals surface area contributed by atoms with Crippen molar-refractivity contribution >= 4 is 54.6 Å². The van der Waals surface area contributed by atoms with Gasteiger partial charge in [0.15, 0.2) is 5.58 Å². The van der Waals surface area contributed by atoms with Crippen LogP contribution in [0.3, 0.4) is 0 Å². The first-order valence-corrected chi connectivity index (χ1v) is 19.2. The van der Waals surface area contributed by atoms with Crippen molar-refractivity contribution in [2.24, 2.45) is 0 Å². The lowest BCUT2D eigenvalue weighted by atomic mass is 9.66. The number of para-hydroxylation sites is 2. The minimum atomic E-state index is -0.0291. The van der Waals surface area contributed by atoms with Crippen LogP contribution in [-0.2, 0) is 5.41 Å². The quantitative estimate of drug-likeness (QED) is 0.185. The van der Waals surface area contributed by atoms with Crippen LogP contribution in [0.25, 0.3) is 94.1 Å². The number of furan rings is 1. The topological polar surface area (TPSA) is 43.9 Å². The van der Waals surface area contributed by atoms with Gasteiger partial charge in [0.2, 0.25) is 5.95 Å². The zero-order valence-electron chi connectivity index (χ0n) is 29.7. The lowest BCUT2D eigenvalue weighted by Gasteiger charge is -2.36. The van der Waals surface area contributed by atoms with E-state index in [1.54, 1.807) is 0 Å². The van der Waals surface area contributed by atoms with Crippen molar-refractivity contribution in [1.82, 2.24) is 14.5 Å². The van der Waals surface area contributed by atoms with Crippen molar-refractivity contribution in [3.05, 3.63) is 163 Å². The van der Waals surface area contributed by atoms with Gasteiger partial charge < -0.3 is 4.42 Å². The number of hydrogen-bond acceptors (Lipinski definition) is 3. The Balaban J connectivity index is 1.21. The Labute approximate surface area is 312 Å². The van der Waals surface area contributed by atoms with Gasteiger partial charge in [-0.3, -0.25) is 4.57 Å². The SMILES string of the molecule is c1ccc(-c2ccc(-c3nc(-n4c5ccccc5c5c6c(c7ccccc7c54)-c4ccccc4C64CCCCC4)nc4c3oc3ccccc34)cc2)cc1. The normalized spacial score (nSPS) is 14.8. The zero-order valence-corrected chi connectivity index (χ0v) is 29.7. The molecule has 2 aliphatic carbocycles. The molecule has 2 aliphatic rings. The highest BCUT2D eigenvalue weighted by Gasteiger charge is 2.46. The summed E-state index contributed by atoms with van der Waals surface area (Å²) in [5, 5.41) is 6.10. The second kappa shape index (κ2) is 11.2. The van der Waals surface area contributed by atoms with Crippen molar-refractivity contribution in [2.75, 3.05) is 0 Å². The molecule has 0 atom stereocenters. The monoisotopic (exact) mass is 693 g/mol. The number of benzene rings is 7. The lowest BCUT2D eigenvalue weighted by Crippen LogP contribution is -2.28. The molecule has 4 nitrogen and oxygen atoms in total. The van der Waals surface area contributed by atoms with Crippen molar-refractivity contribution in [2.45, 2.75) is 37.5 Å². The molecule has 0 N–H and O–H groups in total. The van der Waals surface area contributed by atoms with Crippen LogP contribution >= 0.6 is 0 Å². The second-order valence-electron chi connectivity index (χ2n) is 15.2. The molecule has 4 heteroatoms. The van der Waals surface area contributed by atoms with E-state index < -0.39 is 0 Å². The third-order valence-electron chi connectivity index (χ3n) is 12.4. The molecular weight excluding hydrogens is 659 g/mol. The van der Waals surface area contributed by atoms with Gasteiger partial charge in [0.1, 0.15) is 16.8 Å². The van der Waals surface area contributed by atoms with Gasteiger partial charge in [0.25, 0.3) is 0 Å². The summed E-state index contributed by atoms with van der Waals surface area (Å²) in [6.45, 7) is 0. The highest BCUT2D eigenvalue weighted by molar-refractivity contribution is 6.25. The van der Waals surface area contributed by atoms with E-state index in [4.69, 9.17) is 14.4 Å². The van der Waals surface area contributed by atoms with Gasteiger partial charge >= 0.3 is 0 Å². The van der Waals surface area contributed by atoms with Crippen molar-refractivity contribution < 1.29 is 4.42 Å². The molecule has 1 spiro atoms. The molecule has 1 saturated carbocycles. The number of fused-ring (bicyclic) bond motifs is 15. The highest BCUT2D eigenvalue weighted by Crippen LogP contribution is 2.61. The molecule has 1 fully saturated rings. The fourth-order valence-electron chi connectivity index (χ4n) is 10.1. The number of aromatic nitrogens is 3. The molecule has 12 rings (SSSR count). The molecule has 3 heterocycles. The Morgan fingerprint density at radius 2 is 1.19 bits per heavy atom. The Bertz CT molecular complexity index is 3130. The van der Waals surface area contributed by atoms with E-state index in [1.165, 1.54) is 74.1 Å². The minimum absolute atomic E-state index is 0.0291.